The van der Waals surface area contributed by atoms with Crippen molar-refractivity contribution in [2.75, 3.05) is 17.3 Å². The summed E-state index contributed by atoms with van der Waals surface area (Å²) in [6, 6.07) is 2.75. The van der Waals surface area contributed by atoms with Gasteiger partial charge in [-0.25, -0.2) is 10.8 Å². The van der Waals surface area contributed by atoms with Gasteiger partial charge in [-0.3, -0.25) is 10.1 Å². The lowest BCUT2D eigenvalue weighted by molar-refractivity contribution is -0.384. The Bertz CT molecular complexity index is 455. The highest BCUT2D eigenvalue weighted by molar-refractivity contribution is 5.61. The van der Waals surface area contributed by atoms with Crippen LogP contribution in [0.3, 0.4) is 0 Å². The maximum absolute atomic E-state index is 10.9. The van der Waals surface area contributed by atoms with Crippen molar-refractivity contribution in [3.63, 3.8) is 0 Å². The molecule has 8 nitrogen and oxygen atoms in total. The Morgan fingerprint density at radius 2 is 2.28 bits per heavy atom. The Labute approximate surface area is 103 Å². The number of aliphatic hydroxyl groups is 1. The average Bonchev–Trinajstić information content (AvgIpc) is 2.33. The molecule has 0 spiro atoms. The van der Waals surface area contributed by atoms with Crippen LogP contribution < -0.4 is 16.6 Å². The van der Waals surface area contributed by atoms with Crippen LogP contribution in [-0.4, -0.2) is 27.2 Å². The first-order valence-electron chi connectivity index (χ1n) is 5.61. The summed E-state index contributed by atoms with van der Waals surface area (Å²) < 4.78 is 0. The molecule has 1 aliphatic rings. The number of aromatic nitrogens is 1. The summed E-state index contributed by atoms with van der Waals surface area (Å²) in [5, 5.41) is 23.2. The molecule has 18 heavy (non-hydrogen) atoms. The summed E-state index contributed by atoms with van der Waals surface area (Å²) in [6.07, 6.45) is 2.52. The average molecular weight is 253 g/mol. The number of anilines is 2. The fraction of sp³-hybridized carbons (Fsp3) is 0.500. The van der Waals surface area contributed by atoms with E-state index in [1.807, 2.05) is 0 Å². The van der Waals surface area contributed by atoms with Crippen molar-refractivity contribution < 1.29 is 10.0 Å². The molecule has 0 aliphatic heterocycles. The molecule has 0 saturated heterocycles. The van der Waals surface area contributed by atoms with Gasteiger partial charge in [0.25, 0.3) is 0 Å². The molecule has 0 atom stereocenters. The van der Waals surface area contributed by atoms with Crippen LogP contribution in [0.2, 0.25) is 0 Å². The lowest BCUT2D eigenvalue weighted by Gasteiger charge is -2.41. The summed E-state index contributed by atoms with van der Waals surface area (Å²) in [6.45, 7) is -0.0773. The van der Waals surface area contributed by atoms with Gasteiger partial charge in [0.05, 0.1) is 17.1 Å². The second kappa shape index (κ2) is 4.75. The molecule has 0 radical (unpaired) electrons. The molecular formula is C10H15N5O3. The third-order valence-electron chi connectivity index (χ3n) is 3.22. The monoisotopic (exact) mass is 253 g/mol. The van der Waals surface area contributed by atoms with E-state index in [1.165, 1.54) is 12.1 Å². The Morgan fingerprint density at radius 3 is 2.72 bits per heavy atom. The van der Waals surface area contributed by atoms with Gasteiger partial charge in [-0.05, 0) is 25.3 Å². The predicted octanol–water partition coefficient (Wildman–Crippen LogP) is 0.602. The number of pyridine rings is 1. The van der Waals surface area contributed by atoms with E-state index in [1.54, 1.807) is 0 Å². The molecule has 1 aromatic rings. The van der Waals surface area contributed by atoms with Crippen molar-refractivity contribution >= 4 is 17.3 Å². The number of nitrogens with two attached hydrogens (primary N) is 1. The molecule has 8 heteroatoms. The molecule has 0 amide bonds. The SMILES string of the molecule is NNc1ccc([N+](=O)[O-])c(NC2(CO)CCC2)n1. The lowest BCUT2D eigenvalue weighted by atomic mass is 9.77. The number of nitrogens with one attached hydrogen (secondary N) is 2. The molecule has 1 heterocycles. The molecule has 0 unspecified atom stereocenters. The number of nitrogens with zero attached hydrogens (tertiary/aromatic N) is 2. The first-order chi connectivity index (χ1) is 8.60. The van der Waals surface area contributed by atoms with Crippen LogP contribution >= 0.6 is 0 Å². The van der Waals surface area contributed by atoms with Crippen LogP contribution in [0.25, 0.3) is 0 Å². The number of rotatable bonds is 5. The zero-order valence-corrected chi connectivity index (χ0v) is 9.72. The van der Waals surface area contributed by atoms with Crippen LogP contribution in [0.15, 0.2) is 12.1 Å². The minimum absolute atomic E-state index is 0.0773. The summed E-state index contributed by atoms with van der Waals surface area (Å²) in [5.74, 6) is 5.69. The Hall–Kier alpha value is -1.93. The van der Waals surface area contributed by atoms with Gasteiger partial charge in [0.1, 0.15) is 5.82 Å². The van der Waals surface area contributed by atoms with Gasteiger partial charge in [0.15, 0.2) is 0 Å². The van der Waals surface area contributed by atoms with Gasteiger partial charge >= 0.3 is 5.69 Å². The zero-order chi connectivity index (χ0) is 13.2. The van der Waals surface area contributed by atoms with Crippen LogP contribution in [0.4, 0.5) is 17.3 Å². The summed E-state index contributed by atoms with van der Waals surface area (Å²) in [4.78, 5) is 14.4. The van der Waals surface area contributed by atoms with E-state index in [0.29, 0.717) is 5.82 Å². The number of nitrogen functional groups attached to an aromatic ring is 1. The molecule has 1 aliphatic carbocycles. The molecule has 2 rings (SSSR count). The molecule has 5 N–H and O–H groups in total. The van der Waals surface area contributed by atoms with Crippen LogP contribution in [0, 0.1) is 10.1 Å². The largest absolute Gasteiger partial charge is 0.394 e. The van der Waals surface area contributed by atoms with Gasteiger partial charge in [-0.1, -0.05) is 0 Å². The summed E-state index contributed by atoms with van der Waals surface area (Å²) in [5.41, 5.74) is 1.71. The third-order valence-corrected chi connectivity index (χ3v) is 3.22. The van der Waals surface area contributed by atoms with Crippen LogP contribution in [0.5, 0.6) is 0 Å². The third kappa shape index (κ3) is 2.20. The topological polar surface area (TPSA) is 126 Å². The Kier molecular flexibility index (Phi) is 3.30. The number of hydrogen-bond acceptors (Lipinski definition) is 7. The maximum Gasteiger partial charge on any atom is 0.311 e. The number of nitro groups is 1. The highest BCUT2D eigenvalue weighted by atomic mass is 16.6. The fourth-order valence-corrected chi connectivity index (χ4v) is 1.95. The minimum atomic E-state index is -0.515. The highest BCUT2D eigenvalue weighted by Crippen LogP contribution is 2.37. The minimum Gasteiger partial charge on any atom is -0.394 e. The van der Waals surface area contributed by atoms with E-state index < -0.39 is 10.5 Å². The van der Waals surface area contributed by atoms with E-state index in [4.69, 9.17) is 5.84 Å². The Morgan fingerprint density at radius 1 is 1.56 bits per heavy atom. The fourth-order valence-electron chi connectivity index (χ4n) is 1.95. The number of aliphatic hydroxyl groups excluding tert-OH is 1. The van der Waals surface area contributed by atoms with Crippen molar-refractivity contribution in [2.24, 2.45) is 5.84 Å². The number of hydrazine groups is 1. The number of hydrogen-bond donors (Lipinski definition) is 4. The normalized spacial score (nSPS) is 16.8. The van der Waals surface area contributed by atoms with E-state index in [2.05, 4.69) is 15.7 Å². The van der Waals surface area contributed by atoms with Gasteiger partial charge < -0.3 is 15.8 Å². The molecular weight excluding hydrogens is 238 g/mol. The summed E-state index contributed by atoms with van der Waals surface area (Å²) in [7, 11) is 0. The molecule has 98 valence electrons. The van der Waals surface area contributed by atoms with Crippen molar-refractivity contribution in [3.05, 3.63) is 22.2 Å². The first kappa shape index (κ1) is 12.5. The zero-order valence-electron chi connectivity index (χ0n) is 9.72. The van der Waals surface area contributed by atoms with E-state index in [9.17, 15) is 15.2 Å². The van der Waals surface area contributed by atoms with Gasteiger partial charge in [-0.15, -0.1) is 0 Å². The van der Waals surface area contributed by atoms with Crippen LogP contribution in [0.1, 0.15) is 19.3 Å². The van der Waals surface area contributed by atoms with Crippen molar-refractivity contribution in [2.45, 2.75) is 24.8 Å². The predicted molar refractivity (Wildman–Crippen MR) is 66.0 cm³/mol. The van der Waals surface area contributed by atoms with Crippen molar-refractivity contribution in [3.8, 4) is 0 Å². The molecule has 1 saturated carbocycles. The van der Waals surface area contributed by atoms with Gasteiger partial charge in [0, 0.05) is 6.07 Å². The van der Waals surface area contributed by atoms with Gasteiger partial charge in [-0.2, -0.15) is 0 Å². The molecule has 1 aromatic heterocycles. The van der Waals surface area contributed by atoms with E-state index >= 15 is 0 Å². The first-order valence-corrected chi connectivity index (χ1v) is 5.61. The quantitative estimate of drug-likeness (QED) is 0.344. The van der Waals surface area contributed by atoms with E-state index in [-0.39, 0.29) is 18.1 Å². The Balaban J connectivity index is 2.31. The second-order valence-corrected chi connectivity index (χ2v) is 4.38. The van der Waals surface area contributed by atoms with Crippen molar-refractivity contribution in [1.82, 2.24) is 4.98 Å². The maximum atomic E-state index is 10.9. The standard InChI is InChI=1S/C10H15N5O3/c11-14-8-3-2-7(15(17)18)9(12-8)13-10(6-16)4-1-5-10/h2-3,16H,1,4-6,11H2,(H2,12,13,14). The highest BCUT2D eigenvalue weighted by Gasteiger charge is 2.38. The summed E-state index contributed by atoms with van der Waals surface area (Å²) >= 11 is 0. The van der Waals surface area contributed by atoms with Gasteiger partial charge in [0.2, 0.25) is 5.82 Å². The second-order valence-electron chi connectivity index (χ2n) is 4.38. The van der Waals surface area contributed by atoms with E-state index in [0.717, 1.165) is 19.3 Å². The molecule has 1 fully saturated rings. The van der Waals surface area contributed by atoms with Crippen molar-refractivity contribution in [1.29, 1.82) is 0 Å². The molecule has 0 aromatic carbocycles. The molecule has 0 bridgehead atoms. The smallest absolute Gasteiger partial charge is 0.311 e. The lowest BCUT2D eigenvalue weighted by Crippen LogP contribution is -2.48. The van der Waals surface area contributed by atoms with Crippen LogP contribution in [-0.2, 0) is 0 Å².